The zero-order valence-electron chi connectivity index (χ0n) is 11.8. The van der Waals surface area contributed by atoms with Gasteiger partial charge in [0.25, 0.3) is 5.56 Å². The number of aryl methyl sites for hydroxylation is 2. The summed E-state index contributed by atoms with van der Waals surface area (Å²) in [7, 11) is 1.50. The molecule has 0 radical (unpaired) electrons. The summed E-state index contributed by atoms with van der Waals surface area (Å²) in [5.41, 5.74) is 1.07. The fraction of sp³-hybridized carbons (Fsp3) is 0.312. The van der Waals surface area contributed by atoms with Crippen molar-refractivity contribution in [2.45, 2.75) is 19.9 Å². The second kappa shape index (κ2) is 6.80. The van der Waals surface area contributed by atoms with E-state index in [1.165, 1.54) is 12.7 Å². The van der Waals surface area contributed by atoms with Crippen LogP contribution in [0.5, 0.6) is 11.5 Å². The maximum Gasteiger partial charge on any atom is 0.292 e. The molecule has 106 valence electrons. The molecular weight excluding hydrogens is 254 g/mol. The van der Waals surface area contributed by atoms with Crippen LogP contribution in [-0.4, -0.2) is 18.3 Å². The van der Waals surface area contributed by atoms with Crippen LogP contribution in [0, 0.1) is 6.92 Å². The molecule has 0 saturated heterocycles. The van der Waals surface area contributed by atoms with E-state index < -0.39 is 0 Å². The second-order valence-electron chi connectivity index (χ2n) is 4.59. The van der Waals surface area contributed by atoms with Crippen molar-refractivity contribution in [2.24, 2.45) is 0 Å². The van der Waals surface area contributed by atoms with E-state index in [0.29, 0.717) is 18.9 Å². The number of hydrogen-bond donors (Lipinski definition) is 0. The van der Waals surface area contributed by atoms with E-state index in [-0.39, 0.29) is 5.56 Å². The molecule has 2 rings (SSSR count). The van der Waals surface area contributed by atoms with E-state index >= 15 is 0 Å². The quantitative estimate of drug-likeness (QED) is 0.760. The lowest BCUT2D eigenvalue weighted by Gasteiger charge is -2.09. The van der Waals surface area contributed by atoms with Gasteiger partial charge in [-0.15, -0.1) is 0 Å². The smallest absolute Gasteiger partial charge is 0.292 e. The highest BCUT2D eigenvalue weighted by Gasteiger charge is 2.02. The highest BCUT2D eigenvalue weighted by Crippen LogP contribution is 2.12. The lowest BCUT2D eigenvalue weighted by molar-refractivity contribution is 0.300. The van der Waals surface area contributed by atoms with Crippen molar-refractivity contribution in [3.63, 3.8) is 0 Å². The summed E-state index contributed by atoms with van der Waals surface area (Å²) >= 11 is 0. The number of hydrogen-bond acceptors (Lipinski definition) is 3. The third-order valence-corrected chi connectivity index (χ3v) is 3.01. The molecular formula is C16H19NO3. The van der Waals surface area contributed by atoms with Gasteiger partial charge in [0.1, 0.15) is 5.75 Å². The Balaban J connectivity index is 1.86. The minimum absolute atomic E-state index is 0.106. The van der Waals surface area contributed by atoms with Gasteiger partial charge in [-0.05, 0) is 43.2 Å². The van der Waals surface area contributed by atoms with Gasteiger partial charge < -0.3 is 14.0 Å². The summed E-state index contributed by atoms with van der Waals surface area (Å²) in [6.45, 7) is 3.22. The average Bonchev–Trinajstić information content (AvgIpc) is 2.45. The van der Waals surface area contributed by atoms with Crippen LogP contribution in [0.4, 0.5) is 0 Å². The number of pyridine rings is 1. The van der Waals surface area contributed by atoms with Gasteiger partial charge in [0.05, 0.1) is 13.7 Å². The number of nitrogens with zero attached hydrogens (tertiary/aromatic N) is 1. The minimum atomic E-state index is -0.106. The Kier molecular flexibility index (Phi) is 4.82. The summed E-state index contributed by atoms with van der Waals surface area (Å²) in [6, 6.07) is 11.4. The normalized spacial score (nSPS) is 10.3. The Labute approximate surface area is 118 Å². The van der Waals surface area contributed by atoms with Gasteiger partial charge in [-0.1, -0.05) is 12.1 Å². The molecule has 0 N–H and O–H groups in total. The summed E-state index contributed by atoms with van der Waals surface area (Å²) in [4.78, 5) is 11.9. The Morgan fingerprint density at radius 1 is 1.20 bits per heavy atom. The number of benzene rings is 1. The number of rotatable bonds is 6. The first-order chi connectivity index (χ1) is 9.70. The van der Waals surface area contributed by atoms with Crippen LogP contribution in [0.1, 0.15) is 12.0 Å². The minimum Gasteiger partial charge on any atom is -0.494 e. The fourth-order valence-electron chi connectivity index (χ4n) is 1.98. The Morgan fingerprint density at radius 3 is 2.80 bits per heavy atom. The van der Waals surface area contributed by atoms with Gasteiger partial charge in [0, 0.05) is 12.7 Å². The van der Waals surface area contributed by atoms with Crippen LogP contribution in [0.15, 0.2) is 47.4 Å². The zero-order chi connectivity index (χ0) is 14.4. The van der Waals surface area contributed by atoms with E-state index in [1.54, 1.807) is 16.8 Å². The molecule has 1 aromatic heterocycles. The predicted octanol–water partition coefficient (Wildman–Crippen LogP) is 2.63. The average molecular weight is 273 g/mol. The van der Waals surface area contributed by atoms with Crippen LogP contribution in [-0.2, 0) is 6.54 Å². The lowest BCUT2D eigenvalue weighted by atomic mass is 10.2. The topological polar surface area (TPSA) is 40.5 Å². The second-order valence-corrected chi connectivity index (χ2v) is 4.59. The molecule has 1 aromatic carbocycles. The zero-order valence-corrected chi connectivity index (χ0v) is 11.8. The predicted molar refractivity (Wildman–Crippen MR) is 78.5 cm³/mol. The summed E-state index contributed by atoms with van der Waals surface area (Å²) in [5, 5.41) is 0. The van der Waals surface area contributed by atoms with Crippen molar-refractivity contribution >= 4 is 0 Å². The molecule has 0 spiro atoms. The highest BCUT2D eigenvalue weighted by molar-refractivity contribution is 5.27. The van der Waals surface area contributed by atoms with Crippen molar-refractivity contribution in [1.29, 1.82) is 0 Å². The van der Waals surface area contributed by atoms with Crippen LogP contribution < -0.4 is 15.0 Å². The standard InChI is InChI=1S/C16H19NO3/c1-13-6-3-7-14(12-13)20-11-5-10-17-9-4-8-15(19-2)16(17)18/h3-4,6-9,12H,5,10-11H2,1-2H3. The number of ether oxygens (including phenoxy) is 2. The fourth-order valence-corrected chi connectivity index (χ4v) is 1.98. The van der Waals surface area contributed by atoms with Crippen molar-refractivity contribution in [3.05, 3.63) is 58.5 Å². The first kappa shape index (κ1) is 14.2. The van der Waals surface area contributed by atoms with E-state index in [4.69, 9.17) is 9.47 Å². The van der Waals surface area contributed by atoms with E-state index in [0.717, 1.165) is 12.2 Å². The molecule has 0 saturated carbocycles. The molecule has 0 amide bonds. The molecule has 4 nitrogen and oxygen atoms in total. The molecule has 0 fully saturated rings. The Bertz CT molecular complexity index is 619. The van der Waals surface area contributed by atoms with E-state index in [1.807, 2.05) is 37.3 Å². The molecule has 2 aromatic rings. The molecule has 4 heteroatoms. The third-order valence-electron chi connectivity index (χ3n) is 3.01. The molecule has 0 aliphatic heterocycles. The first-order valence-corrected chi connectivity index (χ1v) is 6.63. The molecule has 0 bridgehead atoms. The molecule has 0 aliphatic rings. The Hall–Kier alpha value is -2.23. The summed E-state index contributed by atoms with van der Waals surface area (Å²) in [5.74, 6) is 1.23. The van der Waals surface area contributed by atoms with Crippen LogP contribution in [0.2, 0.25) is 0 Å². The molecule has 0 atom stereocenters. The Morgan fingerprint density at radius 2 is 2.05 bits per heavy atom. The van der Waals surface area contributed by atoms with Crippen molar-refractivity contribution in [3.8, 4) is 11.5 Å². The lowest BCUT2D eigenvalue weighted by Crippen LogP contribution is -2.21. The van der Waals surface area contributed by atoms with E-state index in [2.05, 4.69) is 0 Å². The molecule has 20 heavy (non-hydrogen) atoms. The van der Waals surface area contributed by atoms with Crippen LogP contribution >= 0.6 is 0 Å². The van der Waals surface area contributed by atoms with Crippen LogP contribution in [0.3, 0.4) is 0 Å². The van der Waals surface area contributed by atoms with Gasteiger partial charge in [-0.25, -0.2) is 0 Å². The van der Waals surface area contributed by atoms with Crippen molar-refractivity contribution in [1.82, 2.24) is 4.57 Å². The summed E-state index contributed by atoms with van der Waals surface area (Å²) in [6.07, 6.45) is 2.53. The van der Waals surface area contributed by atoms with Gasteiger partial charge in [-0.3, -0.25) is 4.79 Å². The molecule has 1 heterocycles. The highest BCUT2D eigenvalue weighted by atomic mass is 16.5. The van der Waals surface area contributed by atoms with E-state index in [9.17, 15) is 4.79 Å². The SMILES string of the molecule is COc1cccn(CCCOc2cccc(C)c2)c1=O. The monoisotopic (exact) mass is 273 g/mol. The van der Waals surface area contributed by atoms with Gasteiger partial charge in [0.2, 0.25) is 0 Å². The van der Waals surface area contributed by atoms with Crippen molar-refractivity contribution < 1.29 is 9.47 Å². The molecule has 0 unspecified atom stereocenters. The summed E-state index contributed by atoms with van der Waals surface area (Å²) < 4.78 is 12.3. The van der Waals surface area contributed by atoms with Gasteiger partial charge >= 0.3 is 0 Å². The number of methoxy groups -OCH3 is 1. The van der Waals surface area contributed by atoms with Crippen molar-refractivity contribution in [2.75, 3.05) is 13.7 Å². The molecule has 0 aliphatic carbocycles. The van der Waals surface area contributed by atoms with Gasteiger partial charge in [-0.2, -0.15) is 0 Å². The maximum atomic E-state index is 11.9. The maximum absolute atomic E-state index is 11.9. The third kappa shape index (κ3) is 3.63. The largest absolute Gasteiger partial charge is 0.494 e. The van der Waals surface area contributed by atoms with Gasteiger partial charge in [0.15, 0.2) is 5.75 Å². The number of aromatic nitrogens is 1. The van der Waals surface area contributed by atoms with Crippen LogP contribution in [0.25, 0.3) is 0 Å². The first-order valence-electron chi connectivity index (χ1n) is 6.63.